The van der Waals surface area contributed by atoms with Crippen molar-refractivity contribution in [1.82, 2.24) is 0 Å². The molecule has 0 amide bonds. The first kappa shape index (κ1) is 14.0. The maximum atomic E-state index is 2.45. The zero-order valence-corrected chi connectivity index (χ0v) is 11.0. The topological polar surface area (TPSA) is 0 Å². The number of hydrogen-bond donors (Lipinski definition) is 0. The Kier molecular flexibility index (Phi) is 7.31. The highest BCUT2D eigenvalue weighted by Crippen LogP contribution is 2.42. The fourth-order valence-corrected chi connectivity index (χ4v) is 2.78. The van der Waals surface area contributed by atoms with Crippen molar-refractivity contribution in [2.75, 3.05) is 0 Å². The van der Waals surface area contributed by atoms with Gasteiger partial charge in [0.05, 0.1) is 0 Å². The van der Waals surface area contributed by atoms with Crippen LogP contribution < -0.4 is 0 Å². The quantitative estimate of drug-likeness (QED) is 0.488. The standard InChI is InChI=1S/C14H30/c1-6-10-12-14(9-4,11-7-2)13(5)8-3/h13H,6-12H2,1-5H3. The molecular weight excluding hydrogens is 168 g/mol. The Bertz CT molecular complexity index is 128. The molecule has 0 rings (SSSR count). The van der Waals surface area contributed by atoms with Crippen LogP contribution in [-0.4, -0.2) is 0 Å². The van der Waals surface area contributed by atoms with Gasteiger partial charge in [0.15, 0.2) is 0 Å². The molecule has 86 valence electrons. The molecule has 0 radical (unpaired) electrons. The Balaban J connectivity index is 4.41. The van der Waals surface area contributed by atoms with Crippen LogP contribution in [0.1, 0.15) is 79.6 Å². The van der Waals surface area contributed by atoms with Crippen molar-refractivity contribution >= 4 is 0 Å². The van der Waals surface area contributed by atoms with Crippen LogP contribution >= 0.6 is 0 Å². The van der Waals surface area contributed by atoms with E-state index in [4.69, 9.17) is 0 Å². The summed E-state index contributed by atoms with van der Waals surface area (Å²) in [7, 11) is 0. The average molecular weight is 198 g/mol. The monoisotopic (exact) mass is 198 g/mol. The first-order chi connectivity index (χ1) is 6.66. The van der Waals surface area contributed by atoms with Crippen LogP contribution in [0.5, 0.6) is 0 Å². The van der Waals surface area contributed by atoms with E-state index in [0.717, 1.165) is 5.92 Å². The van der Waals surface area contributed by atoms with E-state index in [1.54, 1.807) is 0 Å². The highest BCUT2D eigenvalue weighted by Gasteiger charge is 2.31. The van der Waals surface area contributed by atoms with Crippen molar-refractivity contribution in [1.29, 1.82) is 0 Å². The Labute approximate surface area is 91.5 Å². The molecule has 14 heavy (non-hydrogen) atoms. The zero-order valence-electron chi connectivity index (χ0n) is 11.0. The van der Waals surface area contributed by atoms with Crippen LogP contribution in [0.4, 0.5) is 0 Å². The average Bonchev–Trinajstić information content (AvgIpc) is 2.23. The second kappa shape index (κ2) is 7.31. The fourth-order valence-electron chi connectivity index (χ4n) is 2.78. The van der Waals surface area contributed by atoms with E-state index in [0.29, 0.717) is 5.41 Å². The van der Waals surface area contributed by atoms with E-state index in [1.807, 2.05) is 0 Å². The third-order valence-corrected chi connectivity index (χ3v) is 4.14. The van der Waals surface area contributed by atoms with Crippen LogP contribution in [0.25, 0.3) is 0 Å². The molecule has 0 heteroatoms. The van der Waals surface area contributed by atoms with Gasteiger partial charge in [0.1, 0.15) is 0 Å². The molecule has 2 atom stereocenters. The minimum atomic E-state index is 0.652. The van der Waals surface area contributed by atoms with E-state index in [9.17, 15) is 0 Å². The van der Waals surface area contributed by atoms with Crippen molar-refractivity contribution in [3.63, 3.8) is 0 Å². The van der Waals surface area contributed by atoms with Crippen molar-refractivity contribution in [3.05, 3.63) is 0 Å². The summed E-state index contributed by atoms with van der Waals surface area (Å²) in [5.41, 5.74) is 0.652. The molecule has 2 unspecified atom stereocenters. The molecule has 0 aliphatic rings. The lowest BCUT2D eigenvalue weighted by molar-refractivity contribution is 0.124. The van der Waals surface area contributed by atoms with E-state index in [2.05, 4.69) is 34.6 Å². The largest absolute Gasteiger partial charge is 0.0654 e. The third kappa shape index (κ3) is 3.63. The first-order valence-electron chi connectivity index (χ1n) is 6.66. The van der Waals surface area contributed by atoms with Gasteiger partial charge in [-0.2, -0.15) is 0 Å². The molecule has 0 aliphatic heterocycles. The molecule has 0 aromatic rings. The normalized spacial score (nSPS) is 17.8. The molecule has 0 N–H and O–H groups in total. The Morgan fingerprint density at radius 1 is 0.929 bits per heavy atom. The van der Waals surface area contributed by atoms with Crippen LogP contribution in [0.15, 0.2) is 0 Å². The molecule has 0 aliphatic carbocycles. The van der Waals surface area contributed by atoms with Crippen LogP contribution in [0, 0.1) is 11.3 Å². The predicted octanol–water partition coefficient (Wildman–Crippen LogP) is 5.42. The number of unbranched alkanes of at least 4 members (excludes halogenated alkanes) is 1. The van der Waals surface area contributed by atoms with Crippen LogP contribution in [0.2, 0.25) is 0 Å². The molecule has 0 saturated heterocycles. The number of hydrogen-bond acceptors (Lipinski definition) is 0. The summed E-state index contributed by atoms with van der Waals surface area (Å²) >= 11 is 0. The summed E-state index contributed by atoms with van der Waals surface area (Å²) < 4.78 is 0. The smallest absolute Gasteiger partial charge is 0.0275 e. The van der Waals surface area contributed by atoms with Crippen molar-refractivity contribution < 1.29 is 0 Å². The van der Waals surface area contributed by atoms with Crippen molar-refractivity contribution in [2.45, 2.75) is 79.6 Å². The van der Waals surface area contributed by atoms with Crippen molar-refractivity contribution in [2.24, 2.45) is 11.3 Å². The highest BCUT2D eigenvalue weighted by molar-refractivity contribution is 4.82. The summed E-state index contributed by atoms with van der Waals surface area (Å²) in [6, 6.07) is 0. The molecule has 0 aromatic heterocycles. The molecule has 0 fully saturated rings. The van der Waals surface area contributed by atoms with Gasteiger partial charge in [-0.1, -0.05) is 66.7 Å². The molecule has 0 nitrogen and oxygen atoms in total. The predicted molar refractivity (Wildman–Crippen MR) is 66.6 cm³/mol. The summed E-state index contributed by atoms with van der Waals surface area (Å²) in [6.45, 7) is 11.8. The third-order valence-electron chi connectivity index (χ3n) is 4.14. The molecule has 0 saturated carbocycles. The van der Waals surface area contributed by atoms with E-state index in [-0.39, 0.29) is 0 Å². The molecule has 0 heterocycles. The Hall–Kier alpha value is 0. The minimum Gasteiger partial charge on any atom is -0.0654 e. The van der Waals surface area contributed by atoms with Gasteiger partial charge in [0, 0.05) is 0 Å². The SMILES string of the molecule is CCCCC(CC)(CCC)C(C)CC. The summed E-state index contributed by atoms with van der Waals surface area (Å²) in [6.07, 6.45) is 9.71. The van der Waals surface area contributed by atoms with Gasteiger partial charge in [0.2, 0.25) is 0 Å². The van der Waals surface area contributed by atoms with E-state index in [1.165, 1.54) is 44.9 Å². The summed E-state index contributed by atoms with van der Waals surface area (Å²) in [4.78, 5) is 0. The minimum absolute atomic E-state index is 0.652. The molecule has 0 spiro atoms. The lowest BCUT2D eigenvalue weighted by atomic mass is 9.67. The van der Waals surface area contributed by atoms with Gasteiger partial charge in [-0.3, -0.25) is 0 Å². The Morgan fingerprint density at radius 2 is 1.57 bits per heavy atom. The molecule has 0 aromatic carbocycles. The molecule has 0 bridgehead atoms. The highest BCUT2D eigenvalue weighted by atomic mass is 14.4. The lowest BCUT2D eigenvalue weighted by Gasteiger charge is -2.38. The lowest BCUT2D eigenvalue weighted by Crippen LogP contribution is -2.28. The van der Waals surface area contributed by atoms with E-state index >= 15 is 0 Å². The Morgan fingerprint density at radius 3 is 1.93 bits per heavy atom. The van der Waals surface area contributed by atoms with Gasteiger partial charge < -0.3 is 0 Å². The first-order valence-corrected chi connectivity index (χ1v) is 6.66. The van der Waals surface area contributed by atoms with Gasteiger partial charge >= 0.3 is 0 Å². The van der Waals surface area contributed by atoms with Crippen LogP contribution in [0.3, 0.4) is 0 Å². The van der Waals surface area contributed by atoms with Crippen molar-refractivity contribution in [3.8, 4) is 0 Å². The second-order valence-electron chi connectivity index (χ2n) is 4.88. The maximum absolute atomic E-state index is 2.45. The maximum Gasteiger partial charge on any atom is -0.0275 e. The second-order valence-corrected chi connectivity index (χ2v) is 4.88. The summed E-state index contributed by atoms with van der Waals surface area (Å²) in [5.74, 6) is 0.902. The van der Waals surface area contributed by atoms with Crippen LogP contribution in [-0.2, 0) is 0 Å². The van der Waals surface area contributed by atoms with Gasteiger partial charge in [-0.05, 0) is 24.2 Å². The fraction of sp³-hybridized carbons (Fsp3) is 1.00. The zero-order chi connectivity index (χ0) is 11.0. The van der Waals surface area contributed by atoms with E-state index < -0.39 is 0 Å². The number of rotatable bonds is 8. The van der Waals surface area contributed by atoms with Gasteiger partial charge in [-0.15, -0.1) is 0 Å². The molecular formula is C14H30. The van der Waals surface area contributed by atoms with Gasteiger partial charge in [0.25, 0.3) is 0 Å². The van der Waals surface area contributed by atoms with Gasteiger partial charge in [-0.25, -0.2) is 0 Å². The summed E-state index contributed by atoms with van der Waals surface area (Å²) in [5, 5.41) is 0.